The highest BCUT2D eigenvalue weighted by Crippen LogP contribution is 2.14. The molecule has 0 atom stereocenters. The van der Waals surface area contributed by atoms with Crippen LogP contribution in [0.2, 0.25) is 5.02 Å². The first-order valence-corrected chi connectivity index (χ1v) is 4.41. The molecule has 2 rings (SSSR count). The molecule has 0 N–H and O–H groups in total. The lowest BCUT2D eigenvalue weighted by Gasteiger charge is -2.00. The van der Waals surface area contributed by atoms with Gasteiger partial charge in [-0.05, 0) is 30.7 Å². The second-order valence-corrected chi connectivity index (χ2v) is 3.38. The van der Waals surface area contributed by atoms with Crippen LogP contribution in [-0.4, -0.2) is 9.78 Å². The summed E-state index contributed by atoms with van der Waals surface area (Å²) in [6.45, 7) is 2.01. The Kier molecular flexibility index (Phi) is 2.07. The summed E-state index contributed by atoms with van der Waals surface area (Å²) in [6, 6.07) is 7.61. The van der Waals surface area contributed by atoms with Crippen molar-refractivity contribution in [1.82, 2.24) is 9.78 Å². The van der Waals surface area contributed by atoms with E-state index in [0.29, 0.717) is 0 Å². The molecular weight excluding hydrogens is 184 g/mol. The van der Waals surface area contributed by atoms with Crippen molar-refractivity contribution in [3.63, 3.8) is 0 Å². The summed E-state index contributed by atoms with van der Waals surface area (Å²) in [4.78, 5) is 0. The van der Waals surface area contributed by atoms with Gasteiger partial charge >= 0.3 is 0 Å². The Bertz CT molecular complexity index is 420. The molecule has 0 unspecified atom stereocenters. The van der Waals surface area contributed by atoms with Gasteiger partial charge in [0.05, 0.1) is 11.9 Å². The maximum absolute atomic E-state index is 5.86. The number of halogens is 1. The zero-order valence-corrected chi connectivity index (χ0v) is 7.99. The Hall–Kier alpha value is -1.28. The van der Waals surface area contributed by atoms with E-state index in [9.17, 15) is 0 Å². The van der Waals surface area contributed by atoms with Gasteiger partial charge in [0.25, 0.3) is 0 Å². The van der Waals surface area contributed by atoms with Crippen molar-refractivity contribution in [3.05, 3.63) is 47.2 Å². The van der Waals surface area contributed by atoms with Gasteiger partial charge in [0.2, 0.25) is 0 Å². The molecule has 0 aliphatic carbocycles. The zero-order chi connectivity index (χ0) is 9.26. The lowest BCUT2D eigenvalue weighted by Crippen LogP contribution is -1.92. The molecule has 3 heteroatoms. The summed E-state index contributed by atoms with van der Waals surface area (Å²) < 4.78 is 1.81. The van der Waals surface area contributed by atoms with E-state index in [4.69, 9.17) is 11.6 Å². The first-order valence-electron chi connectivity index (χ1n) is 4.03. The van der Waals surface area contributed by atoms with E-state index in [0.717, 1.165) is 16.3 Å². The molecule has 0 saturated heterocycles. The summed E-state index contributed by atoms with van der Waals surface area (Å²) in [7, 11) is 0. The molecule has 13 heavy (non-hydrogen) atoms. The van der Waals surface area contributed by atoms with Gasteiger partial charge in [-0.2, -0.15) is 5.10 Å². The summed E-state index contributed by atoms with van der Waals surface area (Å²) in [6.07, 6.45) is 3.78. The molecule has 0 bridgehead atoms. The Morgan fingerprint density at radius 2 is 2.23 bits per heavy atom. The predicted octanol–water partition coefficient (Wildman–Crippen LogP) is 2.83. The molecule has 1 aromatic heterocycles. The molecule has 0 radical (unpaired) electrons. The summed E-state index contributed by atoms with van der Waals surface area (Å²) in [5, 5.41) is 4.91. The van der Waals surface area contributed by atoms with E-state index in [1.807, 2.05) is 43.6 Å². The van der Waals surface area contributed by atoms with Crippen molar-refractivity contribution < 1.29 is 0 Å². The molecule has 0 saturated carbocycles. The van der Waals surface area contributed by atoms with Crippen LogP contribution in [-0.2, 0) is 0 Å². The highest BCUT2D eigenvalue weighted by molar-refractivity contribution is 6.30. The zero-order valence-electron chi connectivity index (χ0n) is 7.24. The van der Waals surface area contributed by atoms with Crippen LogP contribution in [0.25, 0.3) is 5.69 Å². The summed E-state index contributed by atoms with van der Waals surface area (Å²) >= 11 is 5.86. The number of nitrogens with zero attached hydrogens (tertiary/aromatic N) is 2. The first-order chi connectivity index (χ1) is 6.25. The van der Waals surface area contributed by atoms with Crippen molar-refractivity contribution in [3.8, 4) is 5.69 Å². The Morgan fingerprint density at radius 1 is 1.38 bits per heavy atom. The SMILES string of the molecule is Cc1cnn(-c2cccc(Cl)c2)c1. The Morgan fingerprint density at radius 3 is 2.85 bits per heavy atom. The van der Waals surface area contributed by atoms with Crippen LogP contribution in [0.4, 0.5) is 0 Å². The van der Waals surface area contributed by atoms with Crippen LogP contribution in [0, 0.1) is 6.92 Å². The quantitative estimate of drug-likeness (QED) is 0.680. The van der Waals surface area contributed by atoms with E-state index in [2.05, 4.69) is 5.10 Å². The summed E-state index contributed by atoms with van der Waals surface area (Å²) in [5.41, 5.74) is 2.13. The van der Waals surface area contributed by atoms with Crippen LogP contribution >= 0.6 is 11.6 Å². The first kappa shape index (κ1) is 8.32. The van der Waals surface area contributed by atoms with Crippen LogP contribution in [0.3, 0.4) is 0 Å². The number of rotatable bonds is 1. The third-order valence-electron chi connectivity index (χ3n) is 1.78. The number of aromatic nitrogens is 2. The van der Waals surface area contributed by atoms with Crippen LogP contribution in [0.15, 0.2) is 36.7 Å². The number of hydrogen-bond acceptors (Lipinski definition) is 1. The lowest BCUT2D eigenvalue weighted by atomic mass is 10.3. The third kappa shape index (κ3) is 1.73. The Labute approximate surface area is 81.8 Å². The maximum atomic E-state index is 5.86. The second-order valence-electron chi connectivity index (χ2n) is 2.94. The highest BCUT2D eigenvalue weighted by atomic mass is 35.5. The average Bonchev–Trinajstić information content (AvgIpc) is 2.52. The smallest absolute Gasteiger partial charge is 0.0660 e. The standard InChI is InChI=1S/C10H9ClN2/c1-8-6-12-13(7-8)10-4-2-3-9(11)5-10/h2-7H,1H3. The van der Waals surface area contributed by atoms with Crippen LogP contribution in [0.1, 0.15) is 5.56 Å². The minimum absolute atomic E-state index is 0.727. The molecule has 66 valence electrons. The van der Waals surface area contributed by atoms with E-state index in [1.165, 1.54) is 0 Å². The molecule has 0 aliphatic heterocycles. The minimum Gasteiger partial charge on any atom is -0.241 e. The largest absolute Gasteiger partial charge is 0.241 e. The number of hydrogen-bond donors (Lipinski definition) is 0. The summed E-state index contributed by atoms with van der Waals surface area (Å²) in [5.74, 6) is 0. The fourth-order valence-corrected chi connectivity index (χ4v) is 1.36. The normalized spacial score (nSPS) is 10.3. The van der Waals surface area contributed by atoms with Gasteiger partial charge < -0.3 is 0 Å². The topological polar surface area (TPSA) is 17.8 Å². The highest BCUT2D eigenvalue weighted by Gasteiger charge is 1.97. The lowest BCUT2D eigenvalue weighted by molar-refractivity contribution is 0.880. The van der Waals surface area contributed by atoms with Gasteiger partial charge in [-0.15, -0.1) is 0 Å². The minimum atomic E-state index is 0.727. The van der Waals surface area contributed by atoms with E-state index in [1.54, 1.807) is 4.68 Å². The molecule has 0 fully saturated rings. The maximum Gasteiger partial charge on any atom is 0.0660 e. The molecular formula is C10H9ClN2. The van der Waals surface area contributed by atoms with Gasteiger partial charge in [0.15, 0.2) is 0 Å². The van der Waals surface area contributed by atoms with E-state index >= 15 is 0 Å². The fraction of sp³-hybridized carbons (Fsp3) is 0.100. The average molecular weight is 193 g/mol. The molecule has 0 spiro atoms. The van der Waals surface area contributed by atoms with Gasteiger partial charge in [-0.25, -0.2) is 4.68 Å². The van der Waals surface area contributed by atoms with Crippen LogP contribution < -0.4 is 0 Å². The van der Waals surface area contributed by atoms with E-state index in [-0.39, 0.29) is 0 Å². The molecule has 2 nitrogen and oxygen atoms in total. The molecule has 2 aromatic rings. The Balaban J connectivity index is 2.46. The predicted molar refractivity (Wildman–Crippen MR) is 53.3 cm³/mol. The van der Waals surface area contributed by atoms with Crippen molar-refractivity contribution >= 4 is 11.6 Å². The van der Waals surface area contributed by atoms with Crippen LogP contribution in [0.5, 0.6) is 0 Å². The van der Waals surface area contributed by atoms with Gasteiger partial charge in [-0.3, -0.25) is 0 Å². The second kappa shape index (κ2) is 3.23. The van der Waals surface area contributed by atoms with Gasteiger partial charge in [0, 0.05) is 11.2 Å². The molecule has 1 aromatic carbocycles. The molecule has 0 aliphatic rings. The van der Waals surface area contributed by atoms with E-state index < -0.39 is 0 Å². The van der Waals surface area contributed by atoms with Crippen molar-refractivity contribution in [2.24, 2.45) is 0 Å². The van der Waals surface area contributed by atoms with Crippen molar-refractivity contribution in [1.29, 1.82) is 0 Å². The number of benzene rings is 1. The monoisotopic (exact) mass is 192 g/mol. The molecule has 1 heterocycles. The van der Waals surface area contributed by atoms with Crippen molar-refractivity contribution in [2.45, 2.75) is 6.92 Å². The number of aryl methyl sites for hydroxylation is 1. The molecule has 0 amide bonds. The van der Waals surface area contributed by atoms with Crippen molar-refractivity contribution in [2.75, 3.05) is 0 Å². The fourth-order valence-electron chi connectivity index (χ4n) is 1.17. The van der Waals surface area contributed by atoms with Gasteiger partial charge in [0.1, 0.15) is 0 Å². The van der Waals surface area contributed by atoms with Gasteiger partial charge in [-0.1, -0.05) is 17.7 Å². The third-order valence-corrected chi connectivity index (χ3v) is 2.02.